The quantitative estimate of drug-likeness (QED) is 0.726. The maximum absolute atomic E-state index is 13.2. The van der Waals surface area contributed by atoms with Crippen molar-refractivity contribution >= 4 is 26.0 Å². The predicted octanol–water partition coefficient (Wildman–Crippen LogP) is 3.99. The Balaban J connectivity index is 2.04. The SMILES string of the molecule is COc1ccc(OC)c([C@@H]2CCCN2S(=O)(=O)c2cccc(Br)c2)c1. The highest BCUT2D eigenvalue weighted by Gasteiger charge is 2.37. The van der Waals surface area contributed by atoms with Crippen molar-refractivity contribution in [1.29, 1.82) is 0 Å². The van der Waals surface area contributed by atoms with Crippen molar-refractivity contribution in [2.75, 3.05) is 20.8 Å². The first kappa shape index (κ1) is 18.2. The molecule has 0 radical (unpaired) electrons. The molecular weight excluding hydrogens is 406 g/mol. The Morgan fingerprint density at radius 2 is 1.92 bits per heavy atom. The minimum Gasteiger partial charge on any atom is -0.497 e. The number of nitrogens with zero attached hydrogens (tertiary/aromatic N) is 1. The van der Waals surface area contributed by atoms with Crippen LogP contribution in [0.25, 0.3) is 0 Å². The van der Waals surface area contributed by atoms with Gasteiger partial charge in [-0.25, -0.2) is 8.42 Å². The molecule has 0 saturated carbocycles. The van der Waals surface area contributed by atoms with E-state index in [1.807, 2.05) is 24.3 Å². The Morgan fingerprint density at radius 3 is 2.60 bits per heavy atom. The summed E-state index contributed by atoms with van der Waals surface area (Å²) in [5, 5.41) is 0. The van der Waals surface area contributed by atoms with Gasteiger partial charge in [0.2, 0.25) is 10.0 Å². The summed E-state index contributed by atoms with van der Waals surface area (Å²) in [5.41, 5.74) is 0.831. The van der Waals surface area contributed by atoms with Crippen LogP contribution >= 0.6 is 15.9 Å². The van der Waals surface area contributed by atoms with Crippen LogP contribution in [0.4, 0.5) is 0 Å². The fraction of sp³-hybridized carbons (Fsp3) is 0.333. The standard InChI is InChI=1S/C18H20BrNO4S/c1-23-14-8-9-18(24-2)16(12-14)17-7-4-10-20(17)25(21,22)15-6-3-5-13(19)11-15/h3,5-6,8-9,11-12,17H,4,7,10H2,1-2H3/t17-/m0/s1. The van der Waals surface area contributed by atoms with E-state index in [9.17, 15) is 8.42 Å². The average Bonchev–Trinajstić information content (AvgIpc) is 3.11. The van der Waals surface area contributed by atoms with Crippen LogP contribution in [0, 0.1) is 0 Å². The Morgan fingerprint density at radius 1 is 1.12 bits per heavy atom. The molecule has 2 aromatic rings. The summed E-state index contributed by atoms with van der Waals surface area (Å²) in [6.45, 7) is 0.486. The minimum atomic E-state index is -3.60. The summed E-state index contributed by atoms with van der Waals surface area (Å²) in [6.07, 6.45) is 1.55. The van der Waals surface area contributed by atoms with Gasteiger partial charge in [0.15, 0.2) is 0 Å². The van der Waals surface area contributed by atoms with E-state index in [1.54, 1.807) is 36.7 Å². The summed E-state index contributed by atoms with van der Waals surface area (Å²) >= 11 is 3.35. The van der Waals surface area contributed by atoms with Crippen molar-refractivity contribution in [2.45, 2.75) is 23.8 Å². The lowest BCUT2D eigenvalue weighted by molar-refractivity contribution is 0.361. The second-order valence-corrected chi connectivity index (χ2v) is 8.65. The molecule has 1 fully saturated rings. The zero-order valence-electron chi connectivity index (χ0n) is 14.1. The van der Waals surface area contributed by atoms with Gasteiger partial charge in [-0.15, -0.1) is 0 Å². The fourth-order valence-corrected chi connectivity index (χ4v) is 5.47. The van der Waals surface area contributed by atoms with Crippen molar-refractivity contribution < 1.29 is 17.9 Å². The van der Waals surface area contributed by atoms with Crippen LogP contribution in [0.15, 0.2) is 51.8 Å². The second-order valence-electron chi connectivity index (χ2n) is 5.84. The third-order valence-electron chi connectivity index (χ3n) is 4.40. The number of hydrogen-bond donors (Lipinski definition) is 0. The molecule has 1 aliphatic rings. The van der Waals surface area contributed by atoms with Gasteiger partial charge in [0.1, 0.15) is 11.5 Å². The van der Waals surface area contributed by atoms with E-state index in [2.05, 4.69) is 15.9 Å². The first-order valence-corrected chi connectivity index (χ1v) is 10.2. The molecule has 134 valence electrons. The maximum atomic E-state index is 13.2. The normalized spacial score (nSPS) is 18.3. The third-order valence-corrected chi connectivity index (χ3v) is 6.80. The summed E-state index contributed by atoms with van der Waals surface area (Å²) in [5.74, 6) is 1.35. The lowest BCUT2D eigenvalue weighted by atomic mass is 10.0. The number of benzene rings is 2. The molecule has 1 heterocycles. The molecule has 7 heteroatoms. The van der Waals surface area contributed by atoms with E-state index in [4.69, 9.17) is 9.47 Å². The number of hydrogen-bond acceptors (Lipinski definition) is 4. The molecule has 0 unspecified atom stereocenters. The Bertz CT molecular complexity index is 869. The van der Waals surface area contributed by atoms with Crippen LogP contribution in [0.3, 0.4) is 0 Å². The van der Waals surface area contributed by atoms with E-state index < -0.39 is 10.0 Å². The van der Waals surface area contributed by atoms with Crippen molar-refractivity contribution in [1.82, 2.24) is 4.31 Å². The molecule has 5 nitrogen and oxygen atoms in total. The topological polar surface area (TPSA) is 55.8 Å². The van der Waals surface area contributed by atoms with Crippen LogP contribution in [0.5, 0.6) is 11.5 Å². The van der Waals surface area contributed by atoms with E-state index in [0.29, 0.717) is 18.0 Å². The van der Waals surface area contributed by atoms with Gasteiger partial charge in [-0.1, -0.05) is 22.0 Å². The van der Waals surface area contributed by atoms with Gasteiger partial charge in [-0.05, 0) is 49.2 Å². The van der Waals surface area contributed by atoms with Crippen molar-refractivity contribution in [3.8, 4) is 11.5 Å². The van der Waals surface area contributed by atoms with Gasteiger partial charge in [0.25, 0.3) is 0 Å². The summed E-state index contributed by atoms with van der Waals surface area (Å²) in [6, 6.07) is 12.0. The molecule has 0 spiro atoms. The molecule has 0 amide bonds. The van der Waals surface area contributed by atoms with Crippen molar-refractivity contribution in [2.24, 2.45) is 0 Å². The average molecular weight is 426 g/mol. The molecule has 2 aromatic carbocycles. The number of methoxy groups -OCH3 is 2. The van der Waals surface area contributed by atoms with Crippen molar-refractivity contribution in [3.05, 3.63) is 52.5 Å². The fourth-order valence-electron chi connectivity index (χ4n) is 3.20. The molecular formula is C18H20BrNO4S. The lowest BCUT2D eigenvalue weighted by Gasteiger charge is -2.26. The number of rotatable bonds is 5. The molecule has 25 heavy (non-hydrogen) atoms. The highest BCUT2D eigenvalue weighted by molar-refractivity contribution is 9.10. The first-order chi connectivity index (χ1) is 12.0. The highest BCUT2D eigenvalue weighted by atomic mass is 79.9. The zero-order valence-corrected chi connectivity index (χ0v) is 16.5. The van der Waals surface area contributed by atoms with Gasteiger partial charge in [0, 0.05) is 16.6 Å². The van der Waals surface area contributed by atoms with E-state index >= 15 is 0 Å². The zero-order chi connectivity index (χ0) is 18.0. The van der Waals surface area contributed by atoms with Crippen LogP contribution in [0.1, 0.15) is 24.4 Å². The Hall–Kier alpha value is -1.57. The number of sulfonamides is 1. The van der Waals surface area contributed by atoms with Crippen LogP contribution < -0.4 is 9.47 Å². The summed E-state index contributed by atoms with van der Waals surface area (Å²) < 4.78 is 39.4. The molecule has 1 atom stereocenters. The van der Waals surface area contributed by atoms with Gasteiger partial charge in [-0.2, -0.15) is 4.31 Å². The second kappa shape index (κ2) is 7.35. The van der Waals surface area contributed by atoms with Crippen molar-refractivity contribution in [3.63, 3.8) is 0 Å². The monoisotopic (exact) mass is 425 g/mol. The van der Waals surface area contributed by atoms with E-state index in [-0.39, 0.29) is 10.9 Å². The highest BCUT2D eigenvalue weighted by Crippen LogP contribution is 2.41. The molecule has 1 aliphatic heterocycles. The molecule has 0 aromatic heterocycles. The molecule has 0 bridgehead atoms. The third kappa shape index (κ3) is 3.54. The van der Waals surface area contributed by atoms with Crippen LogP contribution in [0.2, 0.25) is 0 Å². The van der Waals surface area contributed by atoms with E-state index in [1.165, 1.54) is 0 Å². The van der Waals surface area contributed by atoms with Gasteiger partial charge in [-0.3, -0.25) is 0 Å². The van der Waals surface area contributed by atoms with Crippen LogP contribution in [-0.2, 0) is 10.0 Å². The predicted molar refractivity (Wildman–Crippen MR) is 99.6 cm³/mol. The lowest BCUT2D eigenvalue weighted by Crippen LogP contribution is -2.31. The van der Waals surface area contributed by atoms with Gasteiger partial charge >= 0.3 is 0 Å². The minimum absolute atomic E-state index is 0.269. The maximum Gasteiger partial charge on any atom is 0.243 e. The first-order valence-electron chi connectivity index (χ1n) is 7.96. The van der Waals surface area contributed by atoms with Gasteiger partial charge in [0.05, 0.1) is 25.2 Å². The largest absolute Gasteiger partial charge is 0.497 e. The molecule has 0 N–H and O–H groups in total. The Labute approximate surface area is 156 Å². The summed E-state index contributed by atoms with van der Waals surface area (Å²) in [7, 11) is -0.412. The number of ether oxygens (including phenoxy) is 2. The molecule has 0 aliphatic carbocycles. The van der Waals surface area contributed by atoms with E-state index in [0.717, 1.165) is 22.9 Å². The Kier molecular flexibility index (Phi) is 5.36. The van der Waals surface area contributed by atoms with Gasteiger partial charge < -0.3 is 9.47 Å². The van der Waals surface area contributed by atoms with Crippen LogP contribution in [-0.4, -0.2) is 33.5 Å². The summed E-state index contributed by atoms with van der Waals surface area (Å²) in [4.78, 5) is 0.288. The molecule has 1 saturated heterocycles. The number of halogens is 1. The molecule has 3 rings (SSSR count). The smallest absolute Gasteiger partial charge is 0.243 e.